The van der Waals surface area contributed by atoms with Gasteiger partial charge in [0.15, 0.2) is 0 Å². The third-order valence-electron chi connectivity index (χ3n) is 4.74. The summed E-state index contributed by atoms with van der Waals surface area (Å²) in [6.45, 7) is 1.56. The average Bonchev–Trinajstić information content (AvgIpc) is 2.81. The molecule has 0 aromatic heterocycles. The lowest BCUT2D eigenvalue weighted by atomic mass is 9.73. The van der Waals surface area contributed by atoms with Crippen molar-refractivity contribution in [2.75, 3.05) is 13.2 Å². The molecule has 1 N–H and O–H groups in total. The highest BCUT2D eigenvalue weighted by molar-refractivity contribution is 5.83. The highest BCUT2D eigenvalue weighted by Crippen LogP contribution is 2.45. The molecule has 0 bridgehead atoms. The van der Waals surface area contributed by atoms with E-state index in [1.54, 1.807) is 0 Å². The maximum absolute atomic E-state index is 11.9. The van der Waals surface area contributed by atoms with Crippen LogP contribution in [0.1, 0.15) is 36.8 Å². The van der Waals surface area contributed by atoms with Crippen LogP contribution in [0.15, 0.2) is 24.3 Å². The first-order valence-corrected chi connectivity index (χ1v) is 7.12. The van der Waals surface area contributed by atoms with Crippen molar-refractivity contribution in [3.8, 4) is 0 Å². The monoisotopic (exact) mass is 260 g/mol. The smallest absolute Gasteiger partial charge is 0.314 e. The van der Waals surface area contributed by atoms with E-state index in [1.165, 1.54) is 5.56 Å². The summed E-state index contributed by atoms with van der Waals surface area (Å²) in [7, 11) is 0. The molecule has 2 aliphatic rings. The second-order valence-electron chi connectivity index (χ2n) is 5.80. The van der Waals surface area contributed by atoms with E-state index in [2.05, 4.69) is 6.07 Å². The van der Waals surface area contributed by atoms with E-state index in [-0.39, 0.29) is 0 Å². The van der Waals surface area contributed by atoms with E-state index in [1.807, 2.05) is 18.2 Å². The van der Waals surface area contributed by atoms with Gasteiger partial charge in [0.1, 0.15) is 0 Å². The van der Waals surface area contributed by atoms with Crippen molar-refractivity contribution in [3.05, 3.63) is 35.4 Å². The van der Waals surface area contributed by atoms with Crippen LogP contribution in [0.3, 0.4) is 0 Å². The van der Waals surface area contributed by atoms with Gasteiger partial charge in [0, 0.05) is 13.2 Å². The van der Waals surface area contributed by atoms with Gasteiger partial charge in [-0.25, -0.2) is 0 Å². The first-order valence-electron chi connectivity index (χ1n) is 7.12. The number of carboxylic acid groups (broad SMARTS) is 1. The molecule has 0 radical (unpaired) electrons. The Morgan fingerprint density at radius 2 is 2.05 bits per heavy atom. The van der Waals surface area contributed by atoms with E-state index in [9.17, 15) is 9.90 Å². The van der Waals surface area contributed by atoms with E-state index >= 15 is 0 Å². The predicted molar refractivity (Wildman–Crippen MR) is 72.2 cm³/mol. The van der Waals surface area contributed by atoms with E-state index in [4.69, 9.17) is 4.74 Å². The zero-order chi connectivity index (χ0) is 13.3. The Labute approximate surface area is 113 Å². The minimum Gasteiger partial charge on any atom is -0.481 e. The molecule has 1 aromatic rings. The highest BCUT2D eigenvalue weighted by Gasteiger charge is 2.46. The molecule has 0 spiro atoms. The normalized spacial score (nSPS) is 27.2. The molecule has 3 heteroatoms. The molecule has 1 aromatic carbocycles. The van der Waals surface area contributed by atoms with Crippen molar-refractivity contribution in [2.24, 2.45) is 5.92 Å². The maximum atomic E-state index is 11.9. The fourth-order valence-corrected chi connectivity index (χ4v) is 3.65. The van der Waals surface area contributed by atoms with Gasteiger partial charge < -0.3 is 9.84 Å². The molecule has 1 unspecified atom stereocenters. The third-order valence-corrected chi connectivity index (χ3v) is 4.74. The fraction of sp³-hybridized carbons (Fsp3) is 0.562. The van der Waals surface area contributed by atoms with Gasteiger partial charge >= 0.3 is 5.97 Å². The minimum atomic E-state index is -0.654. The van der Waals surface area contributed by atoms with Gasteiger partial charge in [0.25, 0.3) is 0 Å². The lowest BCUT2D eigenvalue weighted by Crippen LogP contribution is -2.37. The van der Waals surface area contributed by atoms with Crippen molar-refractivity contribution in [1.82, 2.24) is 0 Å². The van der Waals surface area contributed by atoms with Crippen LogP contribution >= 0.6 is 0 Å². The van der Waals surface area contributed by atoms with E-state index < -0.39 is 11.4 Å². The van der Waals surface area contributed by atoms with Gasteiger partial charge in [-0.15, -0.1) is 0 Å². The number of aliphatic carboxylic acids is 1. The number of hydrogen-bond acceptors (Lipinski definition) is 2. The molecule has 0 amide bonds. The van der Waals surface area contributed by atoms with Crippen LogP contribution in [0.25, 0.3) is 0 Å². The van der Waals surface area contributed by atoms with Crippen molar-refractivity contribution in [3.63, 3.8) is 0 Å². The fourth-order valence-electron chi connectivity index (χ4n) is 3.65. The van der Waals surface area contributed by atoms with Crippen molar-refractivity contribution in [2.45, 2.75) is 37.5 Å². The molecule has 1 aliphatic heterocycles. The van der Waals surface area contributed by atoms with Crippen LogP contribution in [0.4, 0.5) is 0 Å². The largest absolute Gasteiger partial charge is 0.481 e. The van der Waals surface area contributed by atoms with Gasteiger partial charge in [-0.05, 0) is 49.1 Å². The molecule has 1 atom stereocenters. The van der Waals surface area contributed by atoms with Crippen LogP contribution in [0.5, 0.6) is 0 Å². The van der Waals surface area contributed by atoms with Gasteiger partial charge in [-0.1, -0.05) is 24.3 Å². The van der Waals surface area contributed by atoms with Crippen LogP contribution < -0.4 is 0 Å². The van der Waals surface area contributed by atoms with Crippen LogP contribution in [0, 0.1) is 5.92 Å². The Bertz CT molecular complexity index is 477. The van der Waals surface area contributed by atoms with Gasteiger partial charge in [0.05, 0.1) is 5.41 Å². The number of benzene rings is 1. The van der Waals surface area contributed by atoms with Crippen LogP contribution in [-0.4, -0.2) is 24.3 Å². The quantitative estimate of drug-likeness (QED) is 0.909. The summed E-state index contributed by atoms with van der Waals surface area (Å²) < 4.78 is 5.38. The van der Waals surface area contributed by atoms with Gasteiger partial charge in [-0.3, -0.25) is 4.79 Å². The SMILES string of the molecule is O=C(O)C1(CC2CCOCC2)CCc2ccccc21. The lowest BCUT2D eigenvalue weighted by Gasteiger charge is -2.32. The van der Waals surface area contributed by atoms with E-state index in [0.29, 0.717) is 5.92 Å². The summed E-state index contributed by atoms with van der Waals surface area (Å²) in [5.41, 5.74) is 1.62. The summed E-state index contributed by atoms with van der Waals surface area (Å²) in [5, 5.41) is 9.81. The number of carboxylic acids is 1. The minimum absolute atomic E-state index is 0.482. The summed E-state index contributed by atoms with van der Waals surface area (Å²) in [5.74, 6) is -0.167. The average molecular weight is 260 g/mol. The van der Waals surface area contributed by atoms with Gasteiger partial charge in [0.2, 0.25) is 0 Å². The Kier molecular flexibility index (Phi) is 3.31. The molecular formula is C16H20O3. The van der Waals surface area contributed by atoms with Crippen molar-refractivity contribution < 1.29 is 14.6 Å². The number of carbonyl (C=O) groups is 1. The first-order chi connectivity index (χ1) is 9.22. The zero-order valence-electron chi connectivity index (χ0n) is 11.1. The van der Waals surface area contributed by atoms with Crippen LogP contribution in [0.2, 0.25) is 0 Å². The molecule has 102 valence electrons. The first kappa shape index (κ1) is 12.7. The second-order valence-corrected chi connectivity index (χ2v) is 5.80. The molecule has 1 heterocycles. The Morgan fingerprint density at radius 1 is 1.32 bits per heavy atom. The molecule has 1 fully saturated rings. The number of hydrogen-bond donors (Lipinski definition) is 1. The number of rotatable bonds is 3. The molecule has 3 rings (SSSR count). The van der Waals surface area contributed by atoms with Gasteiger partial charge in [-0.2, -0.15) is 0 Å². The molecule has 1 saturated heterocycles. The summed E-state index contributed by atoms with van der Waals surface area (Å²) in [6.07, 6.45) is 4.40. The molecule has 3 nitrogen and oxygen atoms in total. The molecule has 0 saturated carbocycles. The van der Waals surface area contributed by atoms with Crippen LogP contribution in [-0.2, 0) is 21.4 Å². The van der Waals surface area contributed by atoms with E-state index in [0.717, 1.165) is 50.9 Å². The molecule has 1 aliphatic carbocycles. The number of ether oxygens (including phenoxy) is 1. The third kappa shape index (κ3) is 2.16. The maximum Gasteiger partial charge on any atom is 0.314 e. The highest BCUT2D eigenvalue weighted by atomic mass is 16.5. The standard InChI is InChI=1S/C16H20O3/c17-15(18)16(11-12-6-9-19-10-7-12)8-5-13-3-1-2-4-14(13)16/h1-4,12H,5-11H2,(H,17,18). The summed E-state index contributed by atoms with van der Waals surface area (Å²) in [4.78, 5) is 11.9. The molecular weight excluding hydrogens is 240 g/mol. The Hall–Kier alpha value is -1.35. The summed E-state index contributed by atoms with van der Waals surface area (Å²) in [6, 6.07) is 8.05. The number of fused-ring (bicyclic) bond motifs is 1. The van der Waals surface area contributed by atoms with Crippen molar-refractivity contribution in [1.29, 1.82) is 0 Å². The lowest BCUT2D eigenvalue weighted by molar-refractivity contribution is -0.145. The molecule has 19 heavy (non-hydrogen) atoms. The van der Waals surface area contributed by atoms with Crippen molar-refractivity contribution >= 4 is 5.97 Å². The number of aryl methyl sites for hydroxylation is 1. The summed E-state index contributed by atoms with van der Waals surface area (Å²) >= 11 is 0. The Balaban J connectivity index is 1.90. The predicted octanol–water partition coefficient (Wildman–Crippen LogP) is 2.77. The topological polar surface area (TPSA) is 46.5 Å². The Morgan fingerprint density at radius 3 is 2.79 bits per heavy atom. The zero-order valence-corrected chi connectivity index (χ0v) is 11.1. The second kappa shape index (κ2) is 4.97.